The van der Waals surface area contributed by atoms with E-state index in [-0.39, 0.29) is 11.7 Å². The minimum absolute atomic E-state index is 0.152. The van der Waals surface area contributed by atoms with E-state index in [0.717, 1.165) is 67.1 Å². The molecule has 0 aromatic carbocycles. The fourth-order valence-electron chi connectivity index (χ4n) is 4.14. The third-order valence-corrected chi connectivity index (χ3v) is 5.94. The van der Waals surface area contributed by atoms with Gasteiger partial charge in [0.2, 0.25) is 0 Å². The van der Waals surface area contributed by atoms with E-state index in [1.807, 2.05) is 18.2 Å². The van der Waals surface area contributed by atoms with Crippen LogP contribution < -0.4 is 0 Å². The largest absolute Gasteiger partial charge is 0.379 e. The van der Waals surface area contributed by atoms with E-state index in [9.17, 15) is 4.79 Å². The van der Waals surface area contributed by atoms with E-state index in [2.05, 4.69) is 19.9 Å². The molecule has 3 aromatic rings. The number of hydrogen-bond acceptors (Lipinski definition) is 7. The van der Waals surface area contributed by atoms with E-state index in [1.165, 1.54) is 0 Å². The number of carbonyl (C=O) groups is 1. The Morgan fingerprint density at radius 1 is 1.07 bits per heavy atom. The molecule has 1 aliphatic heterocycles. The molecule has 0 bridgehead atoms. The molecule has 0 N–H and O–H groups in total. The van der Waals surface area contributed by atoms with Gasteiger partial charge in [-0.25, -0.2) is 4.98 Å². The highest BCUT2D eigenvalue weighted by molar-refractivity contribution is 5.86. The third kappa shape index (κ3) is 3.88. The highest BCUT2D eigenvalue weighted by atomic mass is 16.5. The third-order valence-electron chi connectivity index (χ3n) is 5.94. The first kappa shape index (κ1) is 18.3. The van der Waals surface area contributed by atoms with Gasteiger partial charge >= 0.3 is 0 Å². The lowest BCUT2D eigenvalue weighted by atomic mass is 9.75. The summed E-state index contributed by atoms with van der Waals surface area (Å²) in [6, 6.07) is 6.35. The molecular formula is C22H23N5O2. The van der Waals surface area contributed by atoms with Crippen LogP contribution in [0.3, 0.4) is 0 Å². The van der Waals surface area contributed by atoms with Crippen molar-refractivity contribution in [2.24, 2.45) is 5.92 Å². The van der Waals surface area contributed by atoms with Gasteiger partial charge in [0.25, 0.3) is 0 Å². The molecule has 29 heavy (non-hydrogen) atoms. The van der Waals surface area contributed by atoms with Crippen LogP contribution in [-0.2, 0) is 16.0 Å². The van der Waals surface area contributed by atoms with Crippen molar-refractivity contribution in [1.82, 2.24) is 24.8 Å². The number of Topliss-reactive ketones (excluding diaryl/α,β-unsaturated/α-hetero) is 1. The number of ether oxygens (including phenoxy) is 1. The van der Waals surface area contributed by atoms with Gasteiger partial charge < -0.3 is 4.74 Å². The summed E-state index contributed by atoms with van der Waals surface area (Å²) in [7, 11) is 0. The number of hydrogen-bond donors (Lipinski definition) is 0. The minimum atomic E-state index is 0.152. The lowest BCUT2D eigenvalue weighted by Crippen LogP contribution is -2.51. The van der Waals surface area contributed by atoms with E-state index >= 15 is 0 Å². The van der Waals surface area contributed by atoms with E-state index in [1.54, 1.807) is 24.8 Å². The topological polar surface area (TPSA) is 81.1 Å². The van der Waals surface area contributed by atoms with Gasteiger partial charge in [-0.05, 0) is 31.0 Å². The molecule has 0 amide bonds. The average Bonchev–Trinajstić information content (AvgIpc) is 2.73. The quantitative estimate of drug-likeness (QED) is 0.662. The molecule has 0 spiro atoms. The molecule has 5 rings (SSSR count). The zero-order valence-corrected chi connectivity index (χ0v) is 16.2. The predicted molar refractivity (Wildman–Crippen MR) is 108 cm³/mol. The van der Waals surface area contributed by atoms with Crippen molar-refractivity contribution in [1.29, 1.82) is 0 Å². The Hall–Kier alpha value is -2.77. The van der Waals surface area contributed by atoms with Crippen LogP contribution in [0, 0.1) is 5.92 Å². The van der Waals surface area contributed by atoms with Gasteiger partial charge in [-0.1, -0.05) is 0 Å². The zero-order chi connectivity index (χ0) is 19.6. The van der Waals surface area contributed by atoms with Crippen molar-refractivity contribution in [3.8, 4) is 11.4 Å². The van der Waals surface area contributed by atoms with Crippen molar-refractivity contribution in [2.75, 3.05) is 26.3 Å². The monoisotopic (exact) mass is 389 g/mol. The Kier molecular flexibility index (Phi) is 4.99. The summed E-state index contributed by atoms with van der Waals surface area (Å²) in [6.07, 6.45) is 9.07. The Morgan fingerprint density at radius 3 is 2.72 bits per heavy atom. The zero-order valence-electron chi connectivity index (χ0n) is 16.2. The van der Waals surface area contributed by atoms with Gasteiger partial charge in [-0.3, -0.25) is 24.6 Å². The maximum Gasteiger partial charge on any atom is 0.142 e. The van der Waals surface area contributed by atoms with Crippen LogP contribution in [0.5, 0.6) is 0 Å². The van der Waals surface area contributed by atoms with Gasteiger partial charge in [0.15, 0.2) is 0 Å². The molecule has 3 aromatic heterocycles. The Morgan fingerprint density at radius 2 is 1.93 bits per heavy atom. The van der Waals surface area contributed by atoms with Gasteiger partial charge in [-0.15, -0.1) is 0 Å². The summed E-state index contributed by atoms with van der Waals surface area (Å²) in [5, 5.41) is 0.949. The smallest absolute Gasteiger partial charge is 0.142 e. The molecule has 4 heterocycles. The van der Waals surface area contributed by atoms with Crippen molar-refractivity contribution >= 4 is 16.7 Å². The first-order valence-electron chi connectivity index (χ1n) is 10.1. The summed E-state index contributed by atoms with van der Waals surface area (Å²) >= 11 is 0. The van der Waals surface area contributed by atoms with Crippen molar-refractivity contribution in [3.05, 3.63) is 48.7 Å². The van der Waals surface area contributed by atoms with Crippen molar-refractivity contribution in [2.45, 2.75) is 25.3 Å². The Bertz CT molecular complexity index is 1010. The van der Waals surface area contributed by atoms with Gasteiger partial charge in [0, 0.05) is 61.1 Å². The van der Waals surface area contributed by atoms with Crippen molar-refractivity contribution < 1.29 is 9.53 Å². The first-order chi connectivity index (χ1) is 14.3. The van der Waals surface area contributed by atoms with Gasteiger partial charge in [0.05, 0.1) is 30.6 Å². The summed E-state index contributed by atoms with van der Waals surface area (Å²) in [6.45, 7) is 3.58. The fraction of sp³-hybridized carbons (Fsp3) is 0.409. The number of carbonyl (C=O) groups excluding carboxylic acids is 1. The number of nitrogens with zero attached hydrogens (tertiary/aromatic N) is 5. The normalized spacial score (nSPS) is 22.3. The number of aromatic nitrogens is 4. The maximum absolute atomic E-state index is 12.7. The fourth-order valence-corrected chi connectivity index (χ4v) is 4.14. The van der Waals surface area contributed by atoms with Crippen LogP contribution in [0.2, 0.25) is 0 Å². The van der Waals surface area contributed by atoms with Crippen LogP contribution >= 0.6 is 0 Å². The standard InChI is InChI=1S/C22H23N5O2/c28-22(16-9-18(10-16)27-5-7-29-8-6-27)12-17-11-20-15(13-25-17)1-2-19(26-20)21-14-23-3-4-24-21/h1-4,11,13-14,16,18H,5-10,12H2. The summed E-state index contributed by atoms with van der Waals surface area (Å²) in [5.41, 5.74) is 3.10. The lowest BCUT2D eigenvalue weighted by Gasteiger charge is -2.43. The molecule has 2 aliphatic rings. The Balaban J connectivity index is 1.26. The number of ketones is 1. The highest BCUT2D eigenvalue weighted by Gasteiger charge is 2.38. The molecule has 7 heteroatoms. The molecular weight excluding hydrogens is 366 g/mol. The van der Waals surface area contributed by atoms with Crippen LogP contribution in [0.4, 0.5) is 0 Å². The molecule has 1 aliphatic carbocycles. The number of morpholine rings is 1. The molecule has 2 fully saturated rings. The molecule has 0 atom stereocenters. The molecule has 0 unspecified atom stereocenters. The predicted octanol–water partition coefficient (Wildman–Crippen LogP) is 2.31. The van der Waals surface area contributed by atoms with E-state index < -0.39 is 0 Å². The molecule has 7 nitrogen and oxygen atoms in total. The minimum Gasteiger partial charge on any atom is -0.379 e. The molecule has 1 saturated carbocycles. The van der Waals surface area contributed by atoms with Crippen LogP contribution in [-0.4, -0.2) is 63.0 Å². The first-order valence-corrected chi connectivity index (χ1v) is 10.1. The maximum atomic E-state index is 12.7. The van der Waals surface area contributed by atoms with Crippen LogP contribution in [0.1, 0.15) is 18.5 Å². The summed E-state index contributed by atoms with van der Waals surface area (Å²) in [4.78, 5) is 32.8. The second-order valence-corrected chi connectivity index (χ2v) is 7.77. The van der Waals surface area contributed by atoms with Crippen LogP contribution in [0.15, 0.2) is 43.0 Å². The number of pyridine rings is 2. The summed E-state index contributed by atoms with van der Waals surface area (Å²) in [5.74, 6) is 0.436. The van der Waals surface area contributed by atoms with Gasteiger partial charge in [-0.2, -0.15) is 0 Å². The Labute approximate surface area is 169 Å². The second kappa shape index (κ2) is 7.93. The highest BCUT2D eigenvalue weighted by Crippen LogP contribution is 2.33. The number of rotatable bonds is 5. The molecule has 148 valence electrons. The van der Waals surface area contributed by atoms with Gasteiger partial charge in [0.1, 0.15) is 11.5 Å². The average molecular weight is 389 g/mol. The molecule has 0 radical (unpaired) electrons. The van der Waals surface area contributed by atoms with Crippen molar-refractivity contribution in [3.63, 3.8) is 0 Å². The number of fused-ring (bicyclic) bond motifs is 1. The van der Waals surface area contributed by atoms with Crippen LogP contribution in [0.25, 0.3) is 22.3 Å². The van der Waals surface area contributed by atoms with E-state index in [0.29, 0.717) is 12.5 Å². The second-order valence-electron chi connectivity index (χ2n) is 7.77. The summed E-state index contributed by atoms with van der Waals surface area (Å²) < 4.78 is 5.41. The SMILES string of the molecule is O=C(Cc1cc2nc(-c3cnccn3)ccc2cn1)C1CC(N2CCOCC2)C1. The lowest BCUT2D eigenvalue weighted by molar-refractivity contribution is -0.127. The van der Waals surface area contributed by atoms with E-state index in [4.69, 9.17) is 9.72 Å². The molecule has 1 saturated heterocycles.